The Bertz CT molecular complexity index is 746. The summed E-state index contributed by atoms with van der Waals surface area (Å²) in [6, 6.07) is 18.0. The van der Waals surface area contributed by atoms with Gasteiger partial charge in [0, 0.05) is 21.8 Å². The first-order valence-electron chi connectivity index (χ1n) is 6.58. The normalized spacial score (nSPS) is 10.8. The quantitative estimate of drug-likeness (QED) is 0.689. The summed E-state index contributed by atoms with van der Waals surface area (Å²) < 4.78 is 1.02. The Balaban J connectivity index is 1.75. The van der Waals surface area contributed by atoms with E-state index in [1.807, 2.05) is 42.5 Å². The van der Waals surface area contributed by atoms with E-state index < -0.39 is 0 Å². The molecule has 1 aromatic heterocycles. The van der Waals surface area contributed by atoms with Gasteiger partial charge in [-0.2, -0.15) is 0 Å². The van der Waals surface area contributed by atoms with Gasteiger partial charge in [-0.1, -0.05) is 46.3 Å². The van der Waals surface area contributed by atoms with Crippen LogP contribution >= 0.6 is 15.9 Å². The molecule has 0 atom stereocenters. The maximum absolute atomic E-state index is 12.2. The second-order valence-corrected chi connectivity index (χ2v) is 5.74. The van der Waals surface area contributed by atoms with Gasteiger partial charge >= 0.3 is 0 Å². The van der Waals surface area contributed by atoms with Crippen LogP contribution in [0.4, 0.5) is 0 Å². The molecule has 1 heterocycles. The molecule has 0 spiro atoms. The lowest BCUT2D eigenvalue weighted by Crippen LogP contribution is -2.01. The maximum atomic E-state index is 12.2. The van der Waals surface area contributed by atoms with Gasteiger partial charge in [0.25, 0.3) is 0 Å². The van der Waals surface area contributed by atoms with E-state index in [0.29, 0.717) is 12.1 Å². The molecule has 3 rings (SSSR count). The largest absolute Gasteiger partial charge is 0.352 e. The fraction of sp³-hybridized carbons (Fsp3) is 0.118. The van der Waals surface area contributed by atoms with Crippen molar-refractivity contribution < 1.29 is 4.79 Å². The van der Waals surface area contributed by atoms with E-state index in [1.165, 1.54) is 5.56 Å². The number of rotatable bonds is 4. The standard InChI is InChI=1S/C17H14BrNO/c18-14-7-8-15-13(10-14)11-16(19-15)17(20)9-6-12-4-2-1-3-5-12/h1-5,7-8,10-11,19H,6,9H2. The third-order valence-electron chi connectivity index (χ3n) is 3.37. The Labute approximate surface area is 126 Å². The molecule has 1 N–H and O–H groups in total. The zero-order valence-electron chi connectivity index (χ0n) is 10.9. The highest BCUT2D eigenvalue weighted by atomic mass is 79.9. The predicted molar refractivity (Wildman–Crippen MR) is 85.1 cm³/mol. The first-order valence-corrected chi connectivity index (χ1v) is 7.37. The van der Waals surface area contributed by atoms with Crippen molar-refractivity contribution in [2.75, 3.05) is 0 Å². The summed E-state index contributed by atoms with van der Waals surface area (Å²) in [5, 5.41) is 1.06. The highest BCUT2D eigenvalue weighted by Gasteiger charge is 2.09. The molecular formula is C17H14BrNO. The first kappa shape index (κ1) is 13.1. The molecule has 0 radical (unpaired) electrons. The van der Waals surface area contributed by atoms with Gasteiger partial charge in [0.15, 0.2) is 5.78 Å². The lowest BCUT2D eigenvalue weighted by Gasteiger charge is -1.99. The second kappa shape index (κ2) is 5.63. The smallest absolute Gasteiger partial charge is 0.179 e. The van der Waals surface area contributed by atoms with Crippen LogP contribution in [-0.4, -0.2) is 10.8 Å². The van der Waals surface area contributed by atoms with Crippen LogP contribution in [0.3, 0.4) is 0 Å². The number of ketones is 1. The number of aromatic nitrogens is 1. The van der Waals surface area contributed by atoms with Crippen molar-refractivity contribution in [1.82, 2.24) is 4.98 Å². The molecule has 0 bridgehead atoms. The van der Waals surface area contributed by atoms with Gasteiger partial charge in [-0.25, -0.2) is 0 Å². The van der Waals surface area contributed by atoms with Crippen LogP contribution in [0.2, 0.25) is 0 Å². The number of benzene rings is 2. The fourth-order valence-electron chi connectivity index (χ4n) is 2.29. The van der Waals surface area contributed by atoms with E-state index in [-0.39, 0.29) is 5.78 Å². The molecule has 3 aromatic rings. The lowest BCUT2D eigenvalue weighted by atomic mass is 10.1. The Hall–Kier alpha value is -1.87. The fourth-order valence-corrected chi connectivity index (χ4v) is 2.67. The zero-order valence-corrected chi connectivity index (χ0v) is 12.5. The molecule has 20 heavy (non-hydrogen) atoms. The number of halogens is 1. The predicted octanol–water partition coefficient (Wildman–Crippen LogP) is 4.75. The molecule has 0 amide bonds. The Morgan fingerprint density at radius 3 is 2.65 bits per heavy atom. The van der Waals surface area contributed by atoms with Gasteiger partial charge in [0.05, 0.1) is 5.69 Å². The summed E-state index contributed by atoms with van der Waals surface area (Å²) in [6.45, 7) is 0. The number of carbonyl (C=O) groups excluding carboxylic acids is 1. The van der Waals surface area contributed by atoms with Crippen LogP contribution in [-0.2, 0) is 6.42 Å². The molecule has 0 aliphatic heterocycles. The molecule has 0 unspecified atom stereocenters. The van der Waals surface area contributed by atoms with E-state index in [1.54, 1.807) is 0 Å². The van der Waals surface area contributed by atoms with Crippen LogP contribution in [0.1, 0.15) is 22.5 Å². The first-order chi connectivity index (χ1) is 9.72. The number of aromatic amines is 1. The molecule has 0 saturated heterocycles. The van der Waals surface area contributed by atoms with Crippen molar-refractivity contribution in [1.29, 1.82) is 0 Å². The van der Waals surface area contributed by atoms with Crippen molar-refractivity contribution >= 4 is 32.6 Å². The van der Waals surface area contributed by atoms with Gasteiger partial charge < -0.3 is 4.98 Å². The number of Topliss-reactive ketones (excluding diaryl/α,β-unsaturated/α-hetero) is 1. The number of fused-ring (bicyclic) bond motifs is 1. The molecule has 100 valence electrons. The van der Waals surface area contributed by atoms with E-state index in [9.17, 15) is 4.79 Å². The second-order valence-electron chi connectivity index (χ2n) is 4.82. The summed E-state index contributed by atoms with van der Waals surface area (Å²) in [5.41, 5.74) is 2.88. The van der Waals surface area contributed by atoms with E-state index in [0.717, 1.165) is 21.8 Å². The average molecular weight is 328 g/mol. The number of hydrogen-bond donors (Lipinski definition) is 1. The van der Waals surface area contributed by atoms with Gasteiger partial charge in [0.2, 0.25) is 0 Å². The van der Waals surface area contributed by atoms with Gasteiger partial charge in [-0.05, 0) is 36.2 Å². The van der Waals surface area contributed by atoms with Crippen LogP contribution in [0.5, 0.6) is 0 Å². The monoisotopic (exact) mass is 327 g/mol. The minimum Gasteiger partial charge on any atom is -0.352 e. The van der Waals surface area contributed by atoms with Gasteiger partial charge in [-0.3, -0.25) is 4.79 Å². The lowest BCUT2D eigenvalue weighted by molar-refractivity contribution is 0.0979. The summed E-state index contributed by atoms with van der Waals surface area (Å²) in [5.74, 6) is 0.154. The summed E-state index contributed by atoms with van der Waals surface area (Å²) >= 11 is 3.44. The third kappa shape index (κ3) is 2.83. The van der Waals surface area contributed by atoms with E-state index >= 15 is 0 Å². The topological polar surface area (TPSA) is 32.9 Å². The van der Waals surface area contributed by atoms with Crippen LogP contribution in [0.25, 0.3) is 10.9 Å². The maximum Gasteiger partial charge on any atom is 0.179 e. The minimum absolute atomic E-state index is 0.154. The molecule has 3 heteroatoms. The van der Waals surface area contributed by atoms with Crippen molar-refractivity contribution in [2.24, 2.45) is 0 Å². The summed E-state index contributed by atoms with van der Waals surface area (Å²) in [7, 11) is 0. The number of nitrogens with one attached hydrogen (secondary N) is 1. The highest BCUT2D eigenvalue weighted by molar-refractivity contribution is 9.10. The number of aryl methyl sites for hydroxylation is 1. The van der Waals surface area contributed by atoms with Crippen LogP contribution < -0.4 is 0 Å². The van der Waals surface area contributed by atoms with Crippen molar-refractivity contribution in [3.05, 3.63) is 70.3 Å². The van der Waals surface area contributed by atoms with Crippen molar-refractivity contribution in [2.45, 2.75) is 12.8 Å². The van der Waals surface area contributed by atoms with Crippen molar-refractivity contribution in [3.8, 4) is 0 Å². The zero-order chi connectivity index (χ0) is 13.9. The molecule has 2 nitrogen and oxygen atoms in total. The van der Waals surface area contributed by atoms with E-state index in [4.69, 9.17) is 0 Å². The van der Waals surface area contributed by atoms with Gasteiger partial charge in [-0.15, -0.1) is 0 Å². The Morgan fingerprint density at radius 2 is 1.85 bits per heavy atom. The summed E-state index contributed by atoms with van der Waals surface area (Å²) in [4.78, 5) is 15.4. The number of hydrogen-bond acceptors (Lipinski definition) is 1. The Kier molecular flexibility index (Phi) is 3.70. The molecule has 2 aromatic carbocycles. The minimum atomic E-state index is 0.154. The number of H-pyrrole nitrogens is 1. The van der Waals surface area contributed by atoms with Gasteiger partial charge in [0.1, 0.15) is 0 Å². The average Bonchev–Trinajstić information content (AvgIpc) is 2.89. The number of carbonyl (C=O) groups is 1. The molecule has 0 aliphatic carbocycles. The SMILES string of the molecule is O=C(CCc1ccccc1)c1cc2cc(Br)ccc2[nH]1. The van der Waals surface area contributed by atoms with Crippen molar-refractivity contribution in [3.63, 3.8) is 0 Å². The Morgan fingerprint density at radius 1 is 1.05 bits per heavy atom. The highest BCUT2D eigenvalue weighted by Crippen LogP contribution is 2.21. The molecule has 0 fully saturated rings. The van der Waals surface area contributed by atoms with Crippen LogP contribution in [0, 0.1) is 0 Å². The molecule has 0 saturated carbocycles. The summed E-state index contributed by atoms with van der Waals surface area (Å²) in [6.07, 6.45) is 1.30. The molecule has 0 aliphatic rings. The van der Waals surface area contributed by atoms with E-state index in [2.05, 4.69) is 33.0 Å². The van der Waals surface area contributed by atoms with Crippen LogP contribution in [0.15, 0.2) is 59.1 Å². The molecular weight excluding hydrogens is 314 g/mol. The third-order valence-corrected chi connectivity index (χ3v) is 3.86.